The summed E-state index contributed by atoms with van der Waals surface area (Å²) in [4.78, 5) is 90.4. The van der Waals surface area contributed by atoms with Gasteiger partial charge in [-0.2, -0.15) is 0 Å². The molecule has 4 aromatic rings. The SMILES string of the molecule is O=Cc1ccc(C(=O)c2cc(C(=O)O)ccc2C=O)cc1.O=Cc1cccc(C(=O)c2c(C=O)cccc2C(=O)O)c1. The first-order valence-corrected chi connectivity index (χ1v) is 12.0. The van der Waals surface area contributed by atoms with E-state index in [0.29, 0.717) is 36.3 Å². The molecule has 0 atom stereocenters. The number of carbonyl (C=O) groups is 8. The van der Waals surface area contributed by atoms with E-state index in [2.05, 4.69) is 0 Å². The van der Waals surface area contributed by atoms with Crippen molar-refractivity contribution in [1.29, 1.82) is 0 Å². The van der Waals surface area contributed by atoms with E-state index in [1.165, 1.54) is 84.9 Å². The Morgan fingerprint density at radius 2 is 1.10 bits per heavy atom. The Hall–Kier alpha value is -6.16. The molecule has 0 saturated carbocycles. The van der Waals surface area contributed by atoms with Crippen molar-refractivity contribution in [2.45, 2.75) is 0 Å². The normalized spacial score (nSPS) is 9.90. The Morgan fingerprint density at radius 3 is 1.67 bits per heavy atom. The van der Waals surface area contributed by atoms with Crippen LogP contribution >= 0.6 is 0 Å². The molecule has 0 aliphatic rings. The lowest BCUT2D eigenvalue weighted by atomic mass is 9.93. The van der Waals surface area contributed by atoms with E-state index in [1.807, 2.05) is 0 Å². The van der Waals surface area contributed by atoms with Crippen molar-refractivity contribution in [3.8, 4) is 0 Å². The zero-order valence-corrected chi connectivity index (χ0v) is 21.6. The van der Waals surface area contributed by atoms with Gasteiger partial charge in [-0.05, 0) is 24.3 Å². The fourth-order valence-corrected chi connectivity index (χ4v) is 3.85. The molecule has 0 saturated heterocycles. The molecule has 10 nitrogen and oxygen atoms in total. The first-order valence-electron chi connectivity index (χ1n) is 12.0. The number of carbonyl (C=O) groups excluding carboxylic acids is 6. The van der Waals surface area contributed by atoms with E-state index in [9.17, 15) is 38.4 Å². The number of aromatic carboxylic acids is 2. The number of hydrogen-bond donors (Lipinski definition) is 2. The molecule has 0 bridgehead atoms. The van der Waals surface area contributed by atoms with Gasteiger partial charge in [0.05, 0.1) is 11.1 Å². The number of aldehydes is 4. The average molecular weight is 565 g/mol. The van der Waals surface area contributed by atoms with Crippen LogP contribution in [0.15, 0.2) is 84.9 Å². The molecule has 2 N–H and O–H groups in total. The number of carboxylic acid groups (broad SMARTS) is 2. The number of rotatable bonds is 10. The molecular formula is C32H20O10. The summed E-state index contributed by atoms with van der Waals surface area (Å²) in [5.41, 5.74) is 0.757. The molecule has 0 amide bonds. The van der Waals surface area contributed by atoms with Crippen LogP contribution in [0.3, 0.4) is 0 Å². The van der Waals surface area contributed by atoms with Gasteiger partial charge in [-0.1, -0.05) is 60.7 Å². The molecular weight excluding hydrogens is 544 g/mol. The third-order valence-electron chi connectivity index (χ3n) is 5.95. The summed E-state index contributed by atoms with van der Waals surface area (Å²) in [6.45, 7) is 0. The lowest BCUT2D eigenvalue weighted by Gasteiger charge is -2.08. The van der Waals surface area contributed by atoms with Gasteiger partial charge < -0.3 is 10.2 Å². The van der Waals surface area contributed by atoms with Crippen LogP contribution in [-0.2, 0) is 0 Å². The maximum Gasteiger partial charge on any atom is 0.336 e. The zero-order valence-electron chi connectivity index (χ0n) is 21.6. The summed E-state index contributed by atoms with van der Waals surface area (Å²) >= 11 is 0. The summed E-state index contributed by atoms with van der Waals surface area (Å²) in [6.07, 6.45) is 2.17. The van der Waals surface area contributed by atoms with E-state index in [4.69, 9.17) is 10.2 Å². The van der Waals surface area contributed by atoms with Crippen LogP contribution in [-0.4, -0.2) is 58.9 Å². The fourth-order valence-electron chi connectivity index (χ4n) is 3.85. The minimum absolute atomic E-state index is 0.00333. The van der Waals surface area contributed by atoms with Crippen LogP contribution in [0, 0.1) is 0 Å². The van der Waals surface area contributed by atoms with Crippen molar-refractivity contribution in [2.24, 2.45) is 0 Å². The molecule has 0 spiro atoms. The predicted molar refractivity (Wildman–Crippen MR) is 148 cm³/mol. The van der Waals surface area contributed by atoms with E-state index in [1.54, 1.807) is 0 Å². The van der Waals surface area contributed by atoms with Gasteiger partial charge in [0.15, 0.2) is 24.1 Å². The number of benzene rings is 4. The Balaban J connectivity index is 0.000000230. The number of carboxylic acids is 2. The minimum Gasteiger partial charge on any atom is -0.478 e. The molecule has 0 aliphatic carbocycles. The molecule has 0 unspecified atom stereocenters. The van der Waals surface area contributed by atoms with Gasteiger partial charge in [0.2, 0.25) is 0 Å². The molecule has 4 rings (SSSR count). The summed E-state index contributed by atoms with van der Waals surface area (Å²) in [5.74, 6) is -3.57. The van der Waals surface area contributed by atoms with Crippen LogP contribution in [0.2, 0.25) is 0 Å². The summed E-state index contributed by atoms with van der Waals surface area (Å²) in [7, 11) is 0. The maximum atomic E-state index is 12.5. The van der Waals surface area contributed by atoms with Crippen molar-refractivity contribution in [2.75, 3.05) is 0 Å². The fraction of sp³-hybridized carbons (Fsp3) is 0. The molecule has 0 aromatic heterocycles. The first kappa shape index (κ1) is 30.4. The van der Waals surface area contributed by atoms with Crippen molar-refractivity contribution in [3.05, 3.63) is 141 Å². The Kier molecular flexibility index (Phi) is 9.96. The molecule has 0 radical (unpaired) electrons. The number of hydrogen-bond acceptors (Lipinski definition) is 8. The van der Waals surface area contributed by atoms with Gasteiger partial charge in [-0.25, -0.2) is 9.59 Å². The third kappa shape index (κ3) is 6.88. The van der Waals surface area contributed by atoms with Crippen molar-refractivity contribution in [3.63, 3.8) is 0 Å². The highest BCUT2D eigenvalue weighted by atomic mass is 16.4. The van der Waals surface area contributed by atoms with E-state index in [-0.39, 0.29) is 44.5 Å². The van der Waals surface area contributed by atoms with Crippen LogP contribution in [0.4, 0.5) is 0 Å². The van der Waals surface area contributed by atoms with E-state index in [0.717, 1.165) is 0 Å². The number of ketones is 2. The third-order valence-corrected chi connectivity index (χ3v) is 5.95. The molecule has 10 heteroatoms. The Bertz CT molecular complexity index is 1730. The summed E-state index contributed by atoms with van der Waals surface area (Å²) in [5, 5.41) is 18.1. The highest BCUT2D eigenvalue weighted by molar-refractivity contribution is 6.18. The highest BCUT2D eigenvalue weighted by Crippen LogP contribution is 2.20. The lowest BCUT2D eigenvalue weighted by molar-refractivity contribution is 0.0684. The smallest absolute Gasteiger partial charge is 0.336 e. The van der Waals surface area contributed by atoms with Gasteiger partial charge >= 0.3 is 11.9 Å². The first-order chi connectivity index (χ1) is 20.1. The standard InChI is InChI=1S/2C16H10O5/c17-8-10-1-3-11(4-2-10)15(19)14-7-12(16(20)21)5-6-13(14)9-18;17-8-10-3-1-4-11(7-10)15(19)14-12(9-18)5-2-6-13(14)16(20)21/h2*1-9H,(H,20,21). The second-order valence-electron chi connectivity index (χ2n) is 8.56. The maximum absolute atomic E-state index is 12.5. The van der Waals surface area contributed by atoms with Gasteiger partial charge in [0, 0.05) is 44.5 Å². The van der Waals surface area contributed by atoms with Crippen LogP contribution in [0.5, 0.6) is 0 Å². The van der Waals surface area contributed by atoms with Gasteiger partial charge in [-0.15, -0.1) is 0 Å². The second-order valence-corrected chi connectivity index (χ2v) is 8.56. The van der Waals surface area contributed by atoms with Gasteiger partial charge in [0.1, 0.15) is 12.6 Å². The van der Waals surface area contributed by atoms with Gasteiger partial charge in [0.25, 0.3) is 0 Å². The molecule has 208 valence electrons. The van der Waals surface area contributed by atoms with Crippen LogP contribution in [0.25, 0.3) is 0 Å². The quantitative estimate of drug-likeness (QED) is 0.206. The van der Waals surface area contributed by atoms with E-state index >= 15 is 0 Å². The molecule has 0 heterocycles. The largest absolute Gasteiger partial charge is 0.478 e. The minimum atomic E-state index is -1.30. The van der Waals surface area contributed by atoms with Crippen molar-refractivity contribution in [1.82, 2.24) is 0 Å². The molecule has 42 heavy (non-hydrogen) atoms. The highest BCUT2D eigenvalue weighted by Gasteiger charge is 2.22. The van der Waals surface area contributed by atoms with Crippen molar-refractivity contribution < 1.29 is 48.6 Å². The summed E-state index contributed by atoms with van der Waals surface area (Å²) in [6, 6.07) is 19.4. The van der Waals surface area contributed by atoms with Gasteiger partial charge in [-0.3, -0.25) is 28.8 Å². The second kappa shape index (κ2) is 13.8. The lowest BCUT2D eigenvalue weighted by Crippen LogP contribution is -2.13. The average Bonchev–Trinajstić information content (AvgIpc) is 3.03. The monoisotopic (exact) mass is 564 g/mol. The molecule has 4 aromatic carbocycles. The van der Waals surface area contributed by atoms with Crippen LogP contribution < -0.4 is 0 Å². The van der Waals surface area contributed by atoms with E-state index < -0.39 is 23.5 Å². The molecule has 0 fully saturated rings. The van der Waals surface area contributed by atoms with Crippen molar-refractivity contribution >= 4 is 48.6 Å². The predicted octanol–water partition coefficient (Wildman–Crippen LogP) is 4.48. The Morgan fingerprint density at radius 1 is 0.476 bits per heavy atom. The topological polar surface area (TPSA) is 177 Å². The zero-order chi connectivity index (χ0) is 30.8. The summed E-state index contributed by atoms with van der Waals surface area (Å²) < 4.78 is 0. The molecule has 0 aliphatic heterocycles. The van der Waals surface area contributed by atoms with Crippen LogP contribution in [0.1, 0.15) is 94.0 Å². The Labute approximate surface area is 237 Å².